The molecule has 1 heterocycles. The van der Waals surface area contributed by atoms with Crippen molar-refractivity contribution in [3.8, 4) is 0 Å². The Morgan fingerprint density at radius 3 is 2.15 bits per heavy atom. The summed E-state index contributed by atoms with van der Waals surface area (Å²) in [6.07, 6.45) is 1.62. The van der Waals surface area contributed by atoms with Gasteiger partial charge in [0.25, 0.3) is 0 Å². The van der Waals surface area contributed by atoms with Gasteiger partial charge in [-0.3, -0.25) is 4.79 Å². The molecular weight excluding hydrogens is 182 g/mol. The first kappa shape index (κ1) is 9.74. The summed E-state index contributed by atoms with van der Waals surface area (Å²) in [5.41, 5.74) is 1.32. The molecular formula is C10H11NOS. The van der Waals surface area contributed by atoms with E-state index in [4.69, 9.17) is 0 Å². The zero-order valence-corrected chi connectivity index (χ0v) is 8.17. The Hall–Kier alpha value is -1.35. The van der Waals surface area contributed by atoms with Crippen LogP contribution in [0.15, 0.2) is 46.7 Å². The van der Waals surface area contributed by atoms with Crippen LogP contribution in [0.5, 0.6) is 0 Å². The van der Waals surface area contributed by atoms with E-state index in [0.29, 0.717) is 0 Å². The molecule has 0 saturated carbocycles. The molecule has 0 aliphatic carbocycles. The summed E-state index contributed by atoms with van der Waals surface area (Å²) in [6, 6.07) is 10.3. The number of benzene rings is 1. The third-order valence-corrected chi connectivity index (χ3v) is 1.99. The topological polar surface area (TPSA) is 32.9 Å². The van der Waals surface area contributed by atoms with E-state index in [2.05, 4.69) is 24.0 Å². The van der Waals surface area contributed by atoms with Gasteiger partial charge in [0.1, 0.15) is 0 Å². The van der Waals surface area contributed by atoms with E-state index in [1.807, 2.05) is 18.2 Å². The fraction of sp³-hybridized carbons (Fsp3) is 0.100. The first-order valence-corrected chi connectivity index (χ1v) is 4.81. The molecule has 2 aromatic rings. The van der Waals surface area contributed by atoms with Crippen molar-refractivity contribution in [1.29, 1.82) is 0 Å². The predicted molar refractivity (Wildman–Crippen MR) is 56.1 cm³/mol. The number of rotatable bonds is 0. The minimum Gasteiger partial charge on any atom is -0.319 e. The van der Waals surface area contributed by atoms with Gasteiger partial charge in [-0.05, 0) is 6.92 Å². The Labute approximate surface area is 80.9 Å². The van der Waals surface area contributed by atoms with Gasteiger partial charge in [0, 0.05) is 11.6 Å². The van der Waals surface area contributed by atoms with Crippen LogP contribution in [0.3, 0.4) is 0 Å². The Balaban J connectivity index is 0.000000132. The van der Waals surface area contributed by atoms with Crippen molar-refractivity contribution in [1.82, 2.24) is 4.98 Å². The van der Waals surface area contributed by atoms with Crippen LogP contribution in [0.2, 0.25) is 0 Å². The molecule has 0 amide bonds. The van der Waals surface area contributed by atoms with Crippen LogP contribution in [0.4, 0.5) is 0 Å². The van der Waals surface area contributed by atoms with Crippen molar-refractivity contribution < 1.29 is 0 Å². The third-order valence-electron chi connectivity index (χ3n) is 1.38. The first-order valence-electron chi connectivity index (χ1n) is 3.93. The number of aromatic nitrogens is 1. The molecule has 0 aliphatic heterocycles. The van der Waals surface area contributed by atoms with E-state index in [0.717, 1.165) is 0 Å². The van der Waals surface area contributed by atoms with Gasteiger partial charge in [0.15, 0.2) is 0 Å². The highest BCUT2D eigenvalue weighted by Gasteiger charge is 1.72. The van der Waals surface area contributed by atoms with Gasteiger partial charge in [-0.25, -0.2) is 0 Å². The minimum absolute atomic E-state index is 0.00926. The summed E-state index contributed by atoms with van der Waals surface area (Å²) in [5, 5.41) is 1.71. The Morgan fingerprint density at radius 2 is 1.92 bits per heavy atom. The normalized spacial score (nSPS) is 8.69. The highest BCUT2D eigenvalue weighted by atomic mass is 32.1. The second kappa shape index (κ2) is 5.32. The first-order chi connectivity index (χ1) is 6.29. The van der Waals surface area contributed by atoms with Crippen molar-refractivity contribution in [2.45, 2.75) is 6.92 Å². The van der Waals surface area contributed by atoms with Crippen molar-refractivity contribution >= 4 is 11.3 Å². The van der Waals surface area contributed by atoms with Gasteiger partial charge in [0.2, 0.25) is 0 Å². The van der Waals surface area contributed by atoms with Crippen LogP contribution in [-0.4, -0.2) is 4.98 Å². The second-order valence-corrected chi connectivity index (χ2v) is 3.39. The maximum Gasteiger partial charge on any atom is 0.304 e. The molecule has 0 aliphatic rings. The van der Waals surface area contributed by atoms with E-state index in [1.165, 1.54) is 16.9 Å². The van der Waals surface area contributed by atoms with Crippen molar-refractivity contribution in [2.24, 2.45) is 0 Å². The predicted octanol–water partition coefficient (Wildman–Crippen LogP) is 2.43. The zero-order chi connectivity index (χ0) is 9.52. The number of aromatic amines is 1. The number of hydrogen-bond acceptors (Lipinski definition) is 2. The van der Waals surface area contributed by atoms with Crippen molar-refractivity contribution in [3.05, 3.63) is 57.1 Å². The molecule has 0 unspecified atom stereocenters. The van der Waals surface area contributed by atoms with Gasteiger partial charge in [-0.2, -0.15) is 0 Å². The summed E-state index contributed by atoms with van der Waals surface area (Å²) in [6.45, 7) is 2.08. The molecule has 0 bridgehead atoms. The summed E-state index contributed by atoms with van der Waals surface area (Å²) in [7, 11) is 0. The molecule has 2 rings (SSSR count). The van der Waals surface area contributed by atoms with Crippen LogP contribution < -0.4 is 4.87 Å². The number of H-pyrrole nitrogens is 1. The largest absolute Gasteiger partial charge is 0.319 e. The van der Waals surface area contributed by atoms with Gasteiger partial charge in [-0.15, -0.1) is 0 Å². The molecule has 0 fully saturated rings. The van der Waals surface area contributed by atoms with Crippen LogP contribution in [0.25, 0.3) is 0 Å². The number of hydrogen-bond donors (Lipinski definition) is 1. The fourth-order valence-electron chi connectivity index (χ4n) is 0.766. The van der Waals surface area contributed by atoms with E-state index >= 15 is 0 Å². The number of aryl methyl sites for hydroxylation is 1. The molecule has 0 radical (unpaired) electrons. The highest BCUT2D eigenvalue weighted by Crippen LogP contribution is 1.92. The SMILES string of the molecule is Cc1ccccc1.O=c1[nH]ccs1. The lowest BCUT2D eigenvalue weighted by atomic mass is 10.2. The third kappa shape index (κ3) is 4.28. The van der Waals surface area contributed by atoms with Gasteiger partial charge in [0.05, 0.1) is 0 Å². The summed E-state index contributed by atoms with van der Waals surface area (Å²) in [5.74, 6) is 0. The molecule has 3 heteroatoms. The molecule has 2 nitrogen and oxygen atoms in total. The molecule has 0 saturated heterocycles. The van der Waals surface area contributed by atoms with Crippen LogP contribution >= 0.6 is 11.3 Å². The summed E-state index contributed by atoms with van der Waals surface area (Å²) < 4.78 is 0. The minimum atomic E-state index is 0.00926. The molecule has 13 heavy (non-hydrogen) atoms. The maximum atomic E-state index is 10.0. The number of thiazole rings is 1. The molecule has 1 N–H and O–H groups in total. The van der Waals surface area contributed by atoms with Crippen LogP contribution in [0, 0.1) is 6.92 Å². The standard InChI is InChI=1S/C7H8.C3H3NOS/c1-7-5-3-2-4-6-7;5-3-4-1-2-6-3/h2-6H,1H3;1-2H,(H,4,5). The quantitative estimate of drug-likeness (QED) is 0.684. The van der Waals surface area contributed by atoms with Crippen LogP contribution in [0.1, 0.15) is 5.56 Å². The monoisotopic (exact) mass is 193 g/mol. The smallest absolute Gasteiger partial charge is 0.304 e. The molecule has 68 valence electrons. The molecule has 0 spiro atoms. The van der Waals surface area contributed by atoms with Crippen LogP contribution in [-0.2, 0) is 0 Å². The van der Waals surface area contributed by atoms with Gasteiger partial charge in [-0.1, -0.05) is 47.2 Å². The molecule has 0 atom stereocenters. The summed E-state index contributed by atoms with van der Waals surface area (Å²) in [4.78, 5) is 12.5. The average molecular weight is 193 g/mol. The average Bonchev–Trinajstić information content (AvgIpc) is 2.58. The fourth-order valence-corrected chi connectivity index (χ4v) is 1.16. The van der Waals surface area contributed by atoms with Gasteiger partial charge >= 0.3 is 4.87 Å². The van der Waals surface area contributed by atoms with Crippen molar-refractivity contribution in [2.75, 3.05) is 0 Å². The lowest BCUT2D eigenvalue weighted by molar-refractivity contribution is 1.35. The Bertz CT molecular complexity index is 360. The zero-order valence-electron chi connectivity index (χ0n) is 7.36. The lowest BCUT2D eigenvalue weighted by Crippen LogP contribution is -1.87. The van der Waals surface area contributed by atoms with E-state index in [9.17, 15) is 4.79 Å². The van der Waals surface area contributed by atoms with E-state index in [1.54, 1.807) is 11.6 Å². The molecule has 1 aromatic carbocycles. The summed E-state index contributed by atoms with van der Waals surface area (Å²) >= 11 is 1.17. The molecule has 1 aromatic heterocycles. The number of nitrogens with one attached hydrogen (secondary N) is 1. The van der Waals surface area contributed by atoms with E-state index in [-0.39, 0.29) is 4.87 Å². The second-order valence-electron chi connectivity index (χ2n) is 2.51. The Morgan fingerprint density at radius 1 is 1.23 bits per heavy atom. The van der Waals surface area contributed by atoms with Gasteiger partial charge < -0.3 is 4.98 Å². The maximum absolute atomic E-state index is 10.0. The Kier molecular flexibility index (Phi) is 3.99. The lowest BCUT2D eigenvalue weighted by Gasteiger charge is -1.82. The van der Waals surface area contributed by atoms with Crippen molar-refractivity contribution in [3.63, 3.8) is 0 Å². The van der Waals surface area contributed by atoms with E-state index < -0.39 is 0 Å². The highest BCUT2D eigenvalue weighted by molar-refractivity contribution is 7.07.